The second kappa shape index (κ2) is 3.43. The Bertz CT molecular complexity index is 286. The zero-order chi connectivity index (χ0) is 9.14. The Morgan fingerprint density at radius 1 is 1.58 bits per heavy atom. The monoisotopic (exact) mass is 165 g/mol. The van der Waals surface area contributed by atoms with E-state index in [9.17, 15) is 0 Å². The molecule has 0 spiro atoms. The molecule has 0 aliphatic rings. The zero-order valence-corrected chi connectivity index (χ0v) is 7.67. The van der Waals surface area contributed by atoms with Crippen molar-refractivity contribution in [3.63, 3.8) is 0 Å². The first-order valence-corrected chi connectivity index (χ1v) is 4.07. The zero-order valence-electron chi connectivity index (χ0n) is 7.67. The van der Waals surface area contributed by atoms with Gasteiger partial charge in [0.2, 0.25) is 0 Å². The average molecular weight is 165 g/mol. The molecule has 3 heteroatoms. The topological polar surface area (TPSA) is 43.8 Å². The van der Waals surface area contributed by atoms with Gasteiger partial charge in [-0.15, -0.1) is 6.58 Å². The second-order valence-corrected chi connectivity index (χ2v) is 2.88. The third kappa shape index (κ3) is 1.49. The van der Waals surface area contributed by atoms with Crippen molar-refractivity contribution < 1.29 is 0 Å². The van der Waals surface area contributed by atoms with E-state index >= 15 is 0 Å². The van der Waals surface area contributed by atoms with Gasteiger partial charge in [0, 0.05) is 6.54 Å². The van der Waals surface area contributed by atoms with Gasteiger partial charge in [0.25, 0.3) is 0 Å². The highest BCUT2D eigenvalue weighted by Gasteiger charge is 2.05. The van der Waals surface area contributed by atoms with Crippen molar-refractivity contribution in [2.24, 2.45) is 0 Å². The summed E-state index contributed by atoms with van der Waals surface area (Å²) in [5.74, 6) is 0. The smallest absolute Gasteiger partial charge is 0.0825 e. The molecular weight excluding hydrogens is 150 g/mol. The molecule has 0 unspecified atom stereocenters. The maximum Gasteiger partial charge on any atom is 0.0825 e. The van der Waals surface area contributed by atoms with Gasteiger partial charge >= 0.3 is 0 Å². The molecule has 0 fully saturated rings. The molecule has 0 saturated heterocycles. The molecule has 0 atom stereocenters. The molecule has 0 amide bonds. The van der Waals surface area contributed by atoms with Crippen molar-refractivity contribution >= 4 is 5.69 Å². The summed E-state index contributed by atoms with van der Waals surface area (Å²) in [6, 6.07) is 0. The van der Waals surface area contributed by atoms with Crippen LogP contribution in [0.2, 0.25) is 0 Å². The maximum atomic E-state index is 5.77. The summed E-state index contributed by atoms with van der Waals surface area (Å²) in [5.41, 5.74) is 8.53. The Morgan fingerprint density at radius 2 is 2.25 bits per heavy atom. The van der Waals surface area contributed by atoms with E-state index in [1.165, 1.54) is 0 Å². The molecule has 1 aromatic heterocycles. The standard InChI is InChI=1S/C9H15N3/c1-4-5-6-12-8(3)9(10)7(2)11-12/h4H,1,5-6,10H2,2-3H3. The van der Waals surface area contributed by atoms with Crippen LogP contribution in [0, 0.1) is 13.8 Å². The van der Waals surface area contributed by atoms with Gasteiger partial charge in [0.1, 0.15) is 0 Å². The fourth-order valence-corrected chi connectivity index (χ4v) is 1.14. The second-order valence-electron chi connectivity index (χ2n) is 2.88. The summed E-state index contributed by atoms with van der Waals surface area (Å²) in [6.45, 7) is 8.44. The van der Waals surface area contributed by atoms with Gasteiger partial charge in [-0.25, -0.2) is 0 Å². The van der Waals surface area contributed by atoms with Crippen molar-refractivity contribution in [1.29, 1.82) is 0 Å². The van der Waals surface area contributed by atoms with Crippen molar-refractivity contribution in [2.45, 2.75) is 26.8 Å². The van der Waals surface area contributed by atoms with E-state index in [4.69, 9.17) is 5.73 Å². The largest absolute Gasteiger partial charge is 0.396 e. The molecule has 0 radical (unpaired) electrons. The number of hydrogen-bond acceptors (Lipinski definition) is 2. The minimum absolute atomic E-state index is 0.805. The number of nitrogens with two attached hydrogens (primary N) is 1. The minimum atomic E-state index is 0.805. The van der Waals surface area contributed by atoms with Crippen LogP contribution in [0.5, 0.6) is 0 Å². The van der Waals surface area contributed by atoms with Crippen molar-refractivity contribution in [2.75, 3.05) is 5.73 Å². The van der Waals surface area contributed by atoms with E-state index < -0.39 is 0 Å². The molecule has 66 valence electrons. The van der Waals surface area contributed by atoms with E-state index in [0.717, 1.165) is 30.0 Å². The Hall–Kier alpha value is -1.25. The van der Waals surface area contributed by atoms with Gasteiger partial charge in [-0.05, 0) is 20.3 Å². The van der Waals surface area contributed by atoms with E-state index in [0.29, 0.717) is 0 Å². The van der Waals surface area contributed by atoms with Crippen LogP contribution in [-0.4, -0.2) is 9.78 Å². The number of nitrogen functional groups attached to an aromatic ring is 1. The van der Waals surface area contributed by atoms with Crippen molar-refractivity contribution in [1.82, 2.24) is 9.78 Å². The fraction of sp³-hybridized carbons (Fsp3) is 0.444. The molecule has 0 aliphatic carbocycles. The van der Waals surface area contributed by atoms with Crippen LogP contribution < -0.4 is 5.73 Å². The summed E-state index contributed by atoms with van der Waals surface area (Å²) in [6.07, 6.45) is 2.81. The highest BCUT2D eigenvalue weighted by molar-refractivity contribution is 5.46. The van der Waals surface area contributed by atoms with Crippen LogP contribution in [0.15, 0.2) is 12.7 Å². The molecule has 3 nitrogen and oxygen atoms in total. The normalized spacial score (nSPS) is 10.2. The van der Waals surface area contributed by atoms with Gasteiger partial charge in [-0.1, -0.05) is 6.08 Å². The predicted octanol–water partition coefficient (Wildman–Crippen LogP) is 1.66. The van der Waals surface area contributed by atoms with Crippen LogP contribution in [-0.2, 0) is 6.54 Å². The van der Waals surface area contributed by atoms with Gasteiger partial charge < -0.3 is 5.73 Å². The number of allylic oxidation sites excluding steroid dienone is 1. The number of nitrogens with zero attached hydrogens (tertiary/aromatic N) is 2. The molecule has 0 aromatic carbocycles. The molecule has 1 heterocycles. The van der Waals surface area contributed by atoms with Gasteiger partial charge in [0.05, 0.1) is 17.1 Å². The predicted molar refractivity (Wildman–Crippen MR) is 50.9 cm³/mol. The summed E-state index contributed by atoms with van der Waals surface area (Å²) < 4.78 is 1.92. The molecule has 1 aromatic rings. The Labute approximate surface area is 72.9 Å². The first-order chi connectivity index (χ1) is 5.66. The molecule has 2 N–H and O–H groups in total. The molecule has 0 aliphatic heterocycles. The van der Waals surface area contributed by atoms with Gasteiger partial charge in [0.15, 0.2) is 0 Å². The molecule has 0 bridgehead atoms. The van der Waals surface area contributed by atoms with Crippen LogP contribution in [0.1, 0.15) is 17.8 Å². The lowest BCUT2D eigenvalue weighted by atomic mass is 10.3. The lowest BCUT2D eigenvalue weighted by Gasteiger charge is -2.00. The lowest BCUT2D eigenvalue weighted by molar-refractivity contribution is 0.602. The van der Waals surface area contributed by atoms with Crippen molar-refractivity contribution in [3.8, 4) is 0 Å². The quantitative estimate of drug-likeness (QED) is 0.692. The summed E-state index contributed by atoms with van der Waals surface area (Å²) in [5, 5.41) is 4.29. The minimum Gasteiger partial charge on any atom is -0.396 e. The summed E-state index contributed by atoms with van der Waals surface area (Å²) >= 11 is 0. The van der Waals surface area contributed by atoms with Gasteiger partial charge in [-0.2, -0.15) is 5.10 Å². The SMILES string of the molecule is C=CCCn1nc(C)c(N)c1C. The number of anilines is 1. The highest BCUT2D eigenvalue weighted by Crippen LogP contribution is 2.14. The van der Waals surface area contributed by atoms with Crippen LogP contribution >= 0.6 is 0 Å². The van der Waals surface area contributed by atoms with E-state index in [1.54, 1.807) is 0 Å². The van der Waals surface area contributed by atoms with E-state index in [-0.39, 0.29) is 0 Å². The first-order valence-electron chi connectivity index (χ1n) is 4.07. The number of aromatic nitrogens is 2. The molecule has 12 heavy (non-hydrogen) atoms. The fourth-order valence-electron chi connectivity index (χ4n) is 1.14. The molecular formula is C9H15N3. The Kier molecular flexibility index (Phi) is 2.53. The highest BCUT2D eigenvalue weighted by atomic mass is 15.3. The third-order valence-corrected chi connectivity index (χ3v) is 1.98. The summed E-state index contributed by atoms with van der Waals surface area (Å²) in [7, 11) is 0. The first kappa shape index (κ1) is 8.84. The molecule has 0 saturated carbocycles. The van der Waals surface area contributed by atoms with Crippen LogP contribution in [0.25, 0.3) is 0 Å². The van der Waals surface area contributed by atoms with E-state index in [1.807, 2.05) is 24.6 Å². The average Bonchev–Trinajstić information content (AvgIpc) is 2.30. The third-order valence-electron chi connectivity index (χ3n) is 1.98. The number of hydrogen-bond donors (Lipinski definition) is 1. The molecule has 1 rings (SSSR count). The number of rotatable bonds is 3. The van der Waals surface area contributed by atoms with Crippen LogP contribution in [0.3, 0.4) is 0 Å². The van der Waals surface area contributed by atoms with E-state index in [2.05, 4.69) is 11.7 Å². The van der Waals surface area contributed by atoms with Crippen molar-refractivity contribution in [3.05, 3.63) is 24.0 Å². The number of aryl methyl sites for hydroxylation is 2. The summed E-state index contributed by atoms with van der Waals surface area (Å²) in [4.78, 5) is 0. The maximum absolute atomic E-state index is 5.77. The van der Waals surface area contributed by atoms with Gasteiger partial charge in [-0.3, -0.25) is 4.68 Å². The van der Waals surface area contributed by atoms with Crippen LogP contribution in [0.4, 0.5) is 5.69 Å². The lowest BCUT2D eigenvalue weighted by Crippen LogP contribution is -2.01. The Balaban J connectivity index is 2.85. The Morgan fingerprint density at radius 3 is 2.67 bits per heavy atom.